The predicted molar refractivity (Wildman–Crippen MR) is 129 cm³/mol. The first-order chi connectivity index (χ1) is 16.0. The molecule has 33 heavy (non-hydrogen) atoms. The first-order valence-electron chi connectivity index (χ1n) is 9.88. The molecule has 2 heterocycles. The number of thioether (sulfide) groups is 1. The van der Waals surface area contributed by atoms with Gasteiger partial charge in [0.25, 0.3) is 5.91 Å². The Balaban J connectivity index is 1.51. The summed E-state index contributed by atoms with van der Waals surface area (Å²) in [6, 6.07) is 17.6. The van der Waals surface area contributed by atoms with Crippen LogP contribution < -0.4 is 5.43 Å². The molecule has 0 fully saturated rings. The number of amides is 1. The Bertz CT molecular complexity index is 1270. The molecule has 2 N–H and O–H groups in total. The number of hydrogen-bond acceptors (Lipinski definition) is 7. The number of phenols is 1. The van der Waals surface area contributed by atoms with E-state index < -0.39 is 0 Å². The second kappa shape index (κ2) is 10.3. The summed E-state index contributed by atoms with van der Waals surface area (Å²) in [4.78, 5) is 16.5. The highest BCUT2D eigenvalue weighted by molar-refractivity contribution is 7.99. The van der Waals surface area contributed by atoms with Gasteiger partial charge in [0, 0.05) is 28.7 Å². The van der Waals surface area contributed by atoms with E-state index in [4.69, 9.17) is 11.6 Å². The van der Waals surface area contributed by atoms with Crippen molar-refractivity contribution in [1.29, 1.82) is 0 Å². The minimum absolute atomic E-state index is 0.0917. The average Bonchev–Trinajstić information content (AvgIpc) is 3.26. The molecule has 4 aromatic rings. The van der Waals surface area contributed by atoms with Crippen LogP contribution in [0.5, 0.6) is 5.75 Å². The van der Waals surface area contributed by atoms with Crippen LogP contribution in [0.4, 0.5) is 0 Å². The van der Waals surface area contributed by atoms with Gasteiger partial charge in [-0.15, -0.1) is 10.2 Å². The van der Waals surface area contributed by atoms with Crippen molar-refractivity contribution in [3.05, 3.63) is 83.6 Å². The zero-order valence-corrected chi connectivity index (χ0v) is 19.1. The molecule has 10 heteroatoms. The highest BCUT2D eigenvalue weighted by atomic mass is 35.5. The van der Waals surface area contributed by atoms with Gasteiger partial charge in [0.05, 0.1) is 11.5 Å². The number of carbonyl (C=O) groups excluding carboxylic acids is 1. The largest absolute Gasteiger partial charge is 0.508 e. The second-order valence-corrected chi connectivity index (χ2v) is 8.30. The molecular formula is C23H19ClN6O2S. The van der Waals surface area contributed by atoms with Crippen molar-refractivity contribution in [2.45, 2.75) is 12.1 Å². The third-order valence-corrected chi connectivity index (χ3v) is 5.80. The lowest BCUT2D eigenvalue weighted by atomic mass is 10.1. The van der Waals surface area contributed by atoms with Gasteiger partial charge in [-0.05, 0) is 73.2 Å². The van der Waals surface area contributed by atoms with Crippen LogP contribution >= 0.6 is 23.4 Å². The molecule has 0 aliphatic heterocycles. The first kappa shape index (κ1) is 22.5. The summed E-state index contributed by atoms with van der Waals surface area (Å²) < 4.78 is 1.87. The molecule has 2 aromatic carbocycles. The van der Waals surface area contributed by atoms with Crippen molar-refractivity contribution in [3.8, 4) is 22.8 Å². The van der Waals surface area contributed by atoms with Crippen LogP contribution in [-0.2, 0) is 4.79 Å². The number of benzene rings is 2. The molecule has 2 aromatic heterocycles. The maximum Gasteiger partial charge on any atom is 0.250 e. The van der Waals surface area contributed by atoms with Crippen LogP contribution in [-0.4, -0.2) is 42.2 Å². The van der Waals surface area contributed by atoms with E-state index in [0.29, 0.717) is 21.7 Å². The van der Waals surface area contributed by atoms with E-state index >= 15 is 0 Å². The van der Waals surface area contributed by atoms with Gasteiger partial charge in [-0.2, -0.15) is 5.10 Å². The van der Waals surface area contributed by atoms with Crippen molar-refractivity contribution >= 4 is 35.0 Å². The first-order valence-corrected chi connectivity index (χ1v) is 11.2. The number of phenolic OH excluding ortho intramolecular Hbond substituents is 1. The third-order valence-electron chi connectivity index (χ3n) is 4.62. The number of nitrogens with one attached hydrogen (secondary N) is 1. The number of hydrogen-bond donors (Lipinski definition) is 2. The quantitative estimate of drug-likeness (QED) is 0.233. The molecular weight excluding hydrogens is 460 g/mol. The lowest BCUT2D eigenvalue weighted by Gasteiger charge is -2.10. The highest BCUT2D eigenvalue weighted by Gasteiger charge is 2.17. The zero-order valence-electron chi connectivity index (χ0n) is 17.5. The van der Waals surface area contributed by atoms with Crippen LogP contribution in [0.2, 0.25) is 5.02 Å². The molecule has 4 rings (SSSR count). The van der Waals surface area contributed by atoms with Crippen LogP contribution in [0, 0.1) is 0 Å². The lowest BCUT2D eigenvalue weighted by Crippen LogP contribution is -2.21. The summed E-state index contributed by atoms with van der Waals surface area (Å²) >= 11 is 7.30. The number of hydrazone groups is 1. The van der Waals surface area contributed by atoms with Gasteiger partial charge < -0.3 is 5.11 Å². The van der Waals surface area contributed by atoms with E-state index in [1.165, 1.54) is 11.8 Å². The molecule has 0 aliphatic rings. The molecule has 0 spiro atoms. The molecule has 0 aliphatic carbocycles. The Morgan fingerprint density at radius 1 is 1.06 bits per heavy atom. The van der Waals surface area contributed by atoms with E-state index in [1.807, 2.05) is 28.8 Å². The van der Waals surface area contributed by atoms with Gasteiger partial charge in [0.2, 0.25) is 0 Å². The number of nitrogens with zero attached hydrogens (tertiary/aromatic N) is 5. The second-order valence-electron chi connectivity index (χ2n) is 6.92. The van der Waals surface area contributed by atoms with E-state index in [1.54, 1.807) is 55.7 Å². The summed E-state index contributed by atoms with van der Waals surface area (Å²) in [5, 5.41) is 23.3. The lowest BCUT2D eigenvalue weighted by molar-refractivity contribution is -0.118. The summed E-state index contributed by atoms with van der Waals surface area (Å²) in [7, 11) is 0. The average molecular weight is 479 g/mol. The van der Waals surface area contributed by atoms with Crippen LogP contribution in [0.1, 0.15) is 12.5 Å². The molecule has 1 amide bonds. The minimum Gasteiger partial charge on any atom is -0.508 e. The Kier molecular flexibility index (Phi) is 7.01. The van der Waals surface area contributed by atoms with Crippen LogP contribution in [0.3, 0.4) is 0 Å². The van der Waals surface area contributed by atoms with Gasteiger partial charge in [0.1, 0.15) is 5.75 Å². The van der Waals surface area contributed by atoms with E-state index in [9.17, 15) is 9.90 Å². The molecule has 0 saturated heterocycles. The minimum atomic E-state index is -0.283. The SMILES string of the molecule is C/C(=N\NC(=O)CSc1nnc(-c2ccncc2)n1-c1ccc(Cl)cc1)c1ccc(O)cc1. The Morgan fingerprint density at radius 2 is 1.76 bits per heavy atom. The van der Waals surface area contributed by atoms with Crippen LogP contribution in [0.25, 0.3) is 17.1 Å². The van der Waals surface area contributed by atoms with E-state index in [2.05, 4.69) is 25.7 Å². The fourth-order valence-electron chi connectivity index (χ4n) is 2.95. The van der Waals surface area contributed by atoms with Crippen molar-refractivity contribution in [2.24, 2.45) is 5.10 Å². The maximum absolute atomic E-state index is 12.4. The molecule has 0 radical (unpaired) electrons. The van der Waals surface area contributed by atoms with Gasteiger partial charge in [-0.1, -0.05) is 23.4 Å². The molecule has 0 bridgehead atoms. The summed E-state index contributed by atoms with van der Waals surface area (Å²) in [6.45, 7) is 1.78. The molecule has 0 saturated carbocycles. The Labute approximate surface area is 199 Å². The highest BCUT2D eigenvalue weighted by Crippen LogP contribution is 2.28. The standard InChI is InChI=1S/C23H19ClN6O2S/c1-15(16-2-8-20(31)9-3-16)26-27-21(32)14-33-23-29-28-22(17-10-12-25-13-11-17)30(23)19-6-4-18(24)5-7-19/h2-13,31H,14H2,1H3,(H,27,32)/b26-15+. The predicted octanol–water partition coefficient (Wildman–Crippen LogP) is 4.32. The topological polar surface area (TPSA) is 105 Å². The molecule has 0 unspecified atom stereocenters. The van der Waals surface area contributed by atoms with Gasteiger partial charge in [-0.25, -0.2) is 5.43 Å². The number of pyridine rings is 1. The normalized spacial score (nSPS) is 11.4. The van der Waals surface area contributed by atoms with E-state index in [-0.39, 0.29) is 17.4 Å². The van der Waals surface area contributed by atoms with E-state index in [0.717, 1.165) is 16.8 Å². The number of aromatic nitrogens is 4. The number of carbonyl (C=O) groups is 1. The molecule has 166 valence electrons. The van der Waals surface area contributed by atoms with Crippen LogP contribution in [0.15, 0.2) is 83.3 Å². The van der Waals surface area contributed by atoms with Crippen molar-refractivity contribution in [1.82, 2.24) is 25.2 Å². The zero-order chi connectivity index (χ0) is 23.2. The summed E-state index contributed by atoms with van der Waals surface area (Å²) in [5.41, 5.74) is 5.64. The van der Waals surface area contributed by atoms with Crippen molar-refractivity contribution in [2.75, 3.05) is 5.75 Å². The third kappa shape index (κ3) is 5.57. The number of aromatic hydroxyl groups is 1. The number of rotatable bonds is 7. The smallest absolute Gasteiger partial charge is 0.250 e. The van der Waals surface area contributed by atoms with Crippen molar-refractivity contribution < 1.29 is 9.90 Å². The molecule has 0 atom stereocenters. The maximum atomic E-state index is 12.4. The Hall–Kier alpha value is -3.69. The fourth-order valence-corrected chi connectivity index (χ4v) is 3.82. The monoisotopic (exact) mass is 478 g/mol. The van der Waals surface area contributed by atoms with Gasteiger partial charge >= 0.3 is 0 Å². The molecule has 8 nitrogen and oxygen atoms in total. The van der Waals surface area contributed by atoms with Gasteiger partial charge in [-0.3, -0.25) is 14.3 Å². The number of halogens is 1. The fraction of sp³-hybridized carbons (Fsp3) is 0.0870. The Morgan fingerprint density at radius 3 is 2.45 bits per heavy atom. The van der Waals surface area contributed by atoms with Gasteiger partial charge in [0.15, 0.2) is 11.0 Å². The summed E-state index contributed by atoms with van der Waals surface area (Å²) in [5.74, 6) is 0.606. The summed E-state index contributed by atoms with van der Waals surface area (Å²) in [6.07, 6.45) is 3.37. The van der Waals surface area contributed by atoms with Crippen molar-refractivity contribution in [3.63, 3.8) is 0 Å².